The van der Waals surface area contributed by atoms with E-state index in [2.05, 4.69) is 11.7 Å². The second-order valence-electron chi connectivity index (χ2n) is 6.36. The summed E-state index contributed by atoms with van der Waals surface area (Å²) in [4.78, 5) is 23.2. The van der Waals surface area contributed by atoms with Crippen molar-refractivity contribution >= 4 is 51.6 Å². The Hall–Kier alpha value is -0.150. The molecule has 0 saturated heterocycles. The van der Waals surface area contributed by atoms with Crippen LogP contribution in [-0.4, -0.2) is 72.9 Å². The first kappa shape index (κ1) is 29.1. The topological polar surface area (TPSA) is 107 Å². The third-order valence-corrected chi connectivity index (χ3v) is 5.10. The predicted molar refractivity (Wildman–Crippen MR) is 105 cm³/mol. The van der Waals surface area contributed by atoms with Gasteiger partial charge in [0.25, 0.3) is 10.1 Å². The first-order valence-electron chi connectivity index (χ1n) is 9.61. The molecule has 0 amide bonds. The summed E-state index contributed by atoms with van der Waals surface area (Å²) in [6.45, 7) is 3.89. The van der Waals surface area contributed by atoms with Crippen molar-refractivity contribution in [1.29, 1.82) is 0 Å². The molecule has 0 aromatic rings. The van der Waals surface area contributed by atoms with Crippen LogP contribution in [0.1, 0.15) is 84.5 Å². The Kier molecular flexibility index (Phi) is 19.3. The van der Waals surface area contributed by atoms with Crippen LogP contribution >= 0.6 is 0 Å². The van der Waals surface area contributed by atoms with Crippen molar-refractivity contribution < 1.29 is 32.0 Å². The second kappa shape index (κ2) is 17.9. The van der Waals surface area contributed by atoms with Gasteiger partial charge in [-0.15, -0.1) is 0 Å². The first-order valence-corrected chi connectivity index (χ1v) is 11.1. The van der Waals surface area contributed by atoms with E-state index in [1.807, 2.05) is 0 Å². The van der Waals surface area contributed by atoms with Crippen molar-refractivity contribution in [3.8, 4) is 0 Å². The van der Waals surface area contributed by atoms with E-state index in [0.717, 1.165) is 19.3 Å². The molecule has 27 heavy (non-hydrogen) atoms. The predicted octanol–water partition coefficient (Wildman–Crippen LogP) is 3.28. The van der Waals surface area contributed by atoms with Gasteiger partial charge in [-0.1, -0.05) is 64.7 Å². The molecule has 0 aliphatic carbocycles. The average molecular weight is 418 g/mol. The molecule has 0 saturated carbocycles. The maximum absolute atomic E-state index is 11.8. The van der Waals surface area contributed by atoms with E-state index >= 15 is 0 Å². The standard InChI is InChI=1S/C18H34O7S.Na/c1-3-5-6-7-8-9-10-11-12-13-14-25-18(20)16(26(21,22)23)15-17(19)24-4-2;/h16H,3-15H2,1-2H3,(H,21,22,23);. The Morgan fingerprint density at radius 3 is 1.78 bits per heavy atom. The van der Waals surface area contributed by atoms with Crippen LogP contribution < -0.4 is 0 Å². The molecular formula is C18H34NaO7S. The molecule has 0 bridgehead atoms. The second-order valence-corrected chi connectivity index (χ2v) is 7.96. The van der Waals surface area contributed by atoms with Crippen LogP contribution in [0.4, 0.5) is 0 Å². The number of ether oxygens (including phenoxy) is 2. The van der Waals surface area contributed by atoms with Gasteiger partial charge in [-0.3, -0.25) is 14.1 Å². The number of unbranched alkanes of at least 4 members (excludes halogenated alkanes) is 9. The van der Waals surface area contributed by atoms with Gasteiger partial charge in [0.15, 0.2) is 5.25 Å². The van der Waals surface area contributed by atoms with E-state index in [4.69, 9.17) is 9.29 Å². The molecule has 0 aliphatic heterocycles. The molecule has 0 fully saturated rings. The Morgan fingerprint density at radius 2 is 1.33 bits per heavy atom. The van der Waals surface area contributed by atoms with Gasteiger partial charge >= 0.3 is 11.9 Å². The normalized spacial score (nSPS) is 12.1. The summed E-state index contributed by atoms with van der Waals surface area (Å²) < 4.78 is 41.1. The van der Waals surface area contributed by atoms with Crippen molar-refractivity contribution in [3.63, 3.8) is 0 Å². The Bertz CT molecular complexity index is 494. The Morgan fingerprint density at radius 1 is 0.852 bits per heavy atom. The summed E-state index contributed by atoms with van der Waals surface area (Å²) >= 11 is 0. The molecular weight excluding hydrogens is 383 g/mol. The number of carbonyl (C=O) groups is 2. The van der Waals surface area contributed by atoms with Gasteiger partial charge in [-0.2, -0.15) is 8.42 Å². The minimum absolute atomic E-state index is 0. The monoisotopic (exact) mass is 417 g/mol. The average Bonchev–Trinajstić information content (AvgIpc) is 2.56. The van der Waals surface area contributed by atoms with E-state index in [1.165, 1.54) is 38.5 Å². The van der Waals surface area contributed by atoms with Crippen molar-refractivity contribution in [2.45, 2.75) is 89.7 Å². The quantitative estimate of drug-likeness (QED) is 0.178. The summed E-state index contributed by atoms with van der Waals surface area (Å²) in [7, 11) is -4.72. The van der Waals surface area contributed by atoms with Crippen LogP contribution in [0.25, 0.3) is 0 Å². The number of carbonyl (C=O) groups excluding carboxylic acids is 2. The minimum Gasteiger partial charge on any atom is -0.466 e. The molecule has 0 aromatic heterocycles. The van der Waals surface area contributed by atoms with Crippen LogP contribution in [0, 0.1) is 0 Å². The fourth-order valence-electron chi connectivity index (χ4n) is 2.54. The Balaban J connectivity index is 0. The van der Waals surface area contributed by atoms with Gasteiger partial charge < -0.3 is 9.47 Å². The largest absolute Gasteiger partial charge is 0.466 e. The molecule has 0 spiro atoms. The van der Waals surface area contributed by atoms with Crippen molar-refractivity contribution in [2.24, 2.45) is 0 Å². The zero-order valence-electron chi connectivity index (χ0n) is 17.1. The summed E-state index contributed by atoms with van der Waals surface area (Å²) in [5, 5.41) is -1.93. The molecule has 9 heteroatoms. The Labute approximate surface area is 186 Å². The number of rotatable bonds is 16. The van der Waals surface area contributed by atoms with Crippen LogP contribution in [0.15, 0.2) is 0 Å². The van der Waals surface area contributed by atoms with Crippen LogP contribution in [0.5, 0.6) is 0 Å². The van der Waals surface area contributed by atoms with E-state index in [9.17, 15) is 18.0 Å². The molecule has 7 nitrogen and oxygen atoms in total. The minimum atomic E-state index is -4.72. The zero-order valence-corrected chi connectivity index (χ0v) is 19.9. The smallest absolute Gasteiger partial charge is 0.327 e. The van der Waals surface area contributed by atoms with Crippen molar-refractivity contribution in [3.05, 3.63) is 0 Å². The molecule has 0 aliphatic rings. The molecule has 155 valence electrons. The molecule has 1 atom stereocenters. The van der Waals surface area contributed by atoms with Crippen LogP contribution in [0.3, 0.4) is 0 Å². The van der Waals surface area contributed by atoms with Gasteiger partial charge in [0.05, 0.1) is 19.6 Å². The maximum atomic E-state index is 11.8. The summed E-state index contributed by atoms with van der Waals surface area (Å²) in [6, 6.07) is 0. The van der Waals surface area contributed by atoms with Gasteiger partial charge in [0, 0.05) is 29.6 Å². The summed E-state index contributed by atoms with van der Waals surface area (Å²) in [5.74, 6) is -1.98. The summed E-state index contributed by atoms with van der Waals surface area (Å²) in [6.07, 6.45) is 10.5. The fourth-order valence-corrected chi connectivity index (χ4v) is 3.19. The third kappa shape index (κ3) is 16.5. The molecule has 0 heterocycles. The number of hydrogen-bond donors (Lipinski definition) is 1. The summed E-state index contributed by atoms with van der Waals surface area (Å²) in [5.41, 5.74) is 0. The van der Waals surface area contributed by atoms with E-state index < -0.39 is 33.7 Å². The maximum Gasteiger partial charge on any atom is 0.327 e. The van der Waals surface area contributed by atoms with Crippen molar-refractivity contribution in [2.75, 3.05) is 13.2 Å². The zero-order chi connectivity index (χ0) is 19.8. The number of esters is 2. The molecule has 1 radical (unpaired) electrons. The molecule has 1 unspecified atom stereocenters. The van der Waals surface area contributed by atoms with E-state index in [1.54, 1.807) is 6.92 Å². The van der Waals surface area contributed by atoms with E-state index in [0.29, 0.717) is 6.42 Å². The third-order valence-electron chi connectivity index (χ3n) is 4.02. The van der Waals surface area contributed by atoms with Gasteiger partial charge in [-0.05, 0) is 13.3 Å². The van der Waals surface area contributed by atoms with Crippen LogP contribution in [0.2, 0.25) is 0 Å². The first-order chi connectivity index (χ1) is 12.3. The number of hydrogen-bond acceptors (Lipinski definition) is 6. The van der Waals surface area contributed by atoms with Gasteiger partial charge in [0.1, 0.15) is 0 Å². The molecule has 1 N–H and O–H groups in total. The molecule has 0 rings (SSSR count). The van der Waals surface area contributed by atoms with Gasteiger partial charge in [0.2, 0.25) is 0 Å². The van der Waals surface area contributed by atoms with E-state index in [-0.39, 0.29) is 42.8 Å². The van der Waals surface area contributed by atoms with Crippen molar-refractivity contribution in [1.82, 2.24) is 0 Å². The van der Waals surface area contributed by atoms with Crippen LogP contribution in [-0.2, 0) is 29.2 Å². The fraction of sp³-hybridized carbons (Fsp3) is 0.889. The van der Waals surface area contributed by atoms with Gasteiger partial charge in [-0.25, -0.2) is 0 Å². The SMILES string of the molecule is CCCCCCCCCCCCOC(=O)C(CC(=O)OCC)S(=O)(=O)O.[Na]. The molecule has 0 aromatic carbocycles.